The van der Waals surface area contributed by atoms with Crippen molar-refractivity contribution in [3.63, 3.8) is 0 Å². The van der Waals surface area contributed by atoms with Crippen LogP contribution in [-0.2, 0) is 54.4 Å². The van der Waals surface area contributed by atoms with Gasteiger partial charge in [-0.05, 0) is 50.0 Å². The van der Waals surface area contributed by atoms with Crippen molar-refractivity contribution in [2.75, 3.05) is 0 Å². The van der Waals surface area contributed by atoms with E-state index in [1.807, 2.05) is 0 Å². The predicted molar refractivity (Wildman–Crippen MR) is 225 cm³/mol. The molecule has 0 radical (unpaired) electrons. The molecule has 1 aromatic rings. The van der Waals surface area contributed by atoms with Gasteiger partial charge < -0.3 is 63.8 Å². The average molecular weight is 893 g/mol. The summed E-state index contributed by atoms with van der Waals surface area (Å²) in [5.41, 5.74) is 11.8. The number of hydrogen-bond donors (Lipinski definition) is 12. The van der Waals surface area contributed by atoms with Gasteiger partial charge in [0.1, 0.15) is 30.2 Å². The van der Waals surface area contributed by atoms with E-state index in [1.54, 1.807) is 58.0 Å². The highest BCUT2D eigenvalue weighted by Gasteiger charge is 2.35. The van der Waals surface area contributed by atoms with Gasteiger partial charge in [-0.2, -0.15) is 0 Å². The average Bonchev–Trinajstić information content (AvgIpc) is 3.18. The number of rotatable bonds is 29. The maximum Gasteiger partial charge on any atom is 0.326 e. The summed E-state index contributed by atoms with van der Waals surface area (Å²) in [6.07, 6.45) is -3.85. The minimum atomic E-state index is -1.57. The Hall–Kier alpha value is -6.16. The second-order valence-electron chi connectivity index (χ2n) is 16.3. The normalized spacial score (nSPS) is 15.5. The van der Waals surface area contributed by atoms with Gasteiger partial charge in [0, 0.05) is 25.2 Å². The number of hydrogen-bond acceptors (Lipinski definition) is 12. The second-order valence-corrected chi connectivity index (χ2v) is 16.3. The number of aliphatic hydroxyl groups is 1. The third kappa shape index (κ3) is 21.0. The molecule has 22 nitrogen and oxygen atoms in total. The van der Waals surface area contributed by atoms with E-state index in [0.29, 0.717) is 5.56 Å². The Morgan fingerprint density at radius 1 is 0.603 bits per heavy atom. The van der Waals surface area contributed by atoms with Crippen molar-refractivity contribution in [3.8, 4) is 0 Å². The lowest BCUT2D eigenvalue weighted by Crippen LogP contribution is -2.59. The van der Waals surface area contributed by atoms with Crippen molar-refractivity contribution >= 4 is 59.3 Å². The van der Waals surface area contributed by atoms with Crippen LogP contribution in [0.1, 0.15) is 92.1 Å². The molecule has 63 heavy (non-hydrogen) atoms. The Labute approximate surface area is 365 Å². The van der Waals surface area contributed by atoms with E-state index < -0.39 is 145 Å². The van der Waals surface area contributed by atoms with E-state index in [0.717, 1.165) is 0 Å². The first-order valence-corrected chi connectivity index (χ1v) is 20.6. The minimum absolute atomic E-state index is 0.0978. The van der Waals surface area contributed by atoms with Gasteiger partial charge in [-0.15, -0.1) is 0 Å². The fourth-order valence-electron chi connectivity index (χ4n) is 6.19. The molecule has 7 amide bonds. The van der Waals surface area contributed by atoms with Crippen molar-refractivity contribution in [1.82, 2.24) is 31.9 Å². The number of carboxylic acid groups (broad SMARTS) is 3. The third-order valence-electron chi connectivity index (χ3n) is 9.78. The van der Waals surface area contributed by atoms with Crippen LogP contribution in [0, 0.1) is 17.8 Å². The summed E-state index contributed by atoms with van der Waals surface area (Å²) < 4.78 is 0. The van der Waals surface area contributed by atoms with Gasteiger partial charge in [0.05, 0.1) is 24.6 Å². The van der Waals surface area contributed by atoms with Crippen LogP contribution in [0.4, 0.5) is 0 Å². The number of carboxylic acids is 3. The van der Waals surface area contributed by atoms with Crippen molar-refractivity contribution < 1.29 is 68.4 Å². The molecule has 1 rings (SSSR count). The molecule has 0 saturated heterocycles. The molecule has 14 N–H and O–H groups in total. The number of aliphatic carboxylic acids is 3. The number of aliphatic hydroxyl groups excluding tert-OH is 1. The standard InChI is InChI=1S/C41H64N8O14/c1-20(2)16-27(46-39(60)28(19-31(43)51)47-40(61)34(21(3)4)49-37(58)25(42)12-14-32(52)53)30(50)17-22(5)35(56)44-23(6)36(57)45-26(13-15-33(54)55)38(59)48-29(41(62)63)18-24-10-8-7-9-11-24/h7-11,20-23,25-30,34,50H,12-19,42H2,1-6H3,(H2,43,51)(H,44,56)(H,45,57)(H,46,60)(H,47,61)(H,48,59)(H,49,58)(H,52,53)(H,54,55)(H,62,63)/t22-,23+,25-,26-,27+,28+,29?,30+,34?/m1/s1. The van der Waals surface area contributed by atoms with E-state index in [-0.39, 0.29) is 31.6 Å². The summed E-state index contributed by atoms with van der Waals surface area (Å²) in [5, 5.41) is 53.8. The van der Waals surface area contributed by atoms with Crippen LogP contribution >= 0.6 is 0 Å². The maximum absolute atomic E-state index is 13.6. The van der Waals surface area contributed by atoms with Gasteiger partial charge >= 0.3 is 17.9 Å². The van der Waals surface area contributed by atoms with Crippen LogP contribution in [0.5, 0.6) is 0 Å². The first-order chi connectivity index (χ1) is 29.3. The number of benzene rings is 1. The number of carbonyl (C=O) groups is 10. The van der Waals surface area contributed by atoms with E-state index in [4.69, 9.17) is 16.6 Å². The fourth-order valence-corrected chi connectivity index (χ4v) is 6.19. The summed E-state index contributed by atoms with van der Waals surface area (Å²) in [7, 11) is 0. The first-order valence-electron chi connectivity index (χ1n) is 20.6. The quantitative estimate of drug-likeness (QED) is 0.0425. The van der Waals surface area contributed by atoms with Crippen LogP contribution in [0.3, 0.4) is 0 Å². The molecular formula is C41H64N8O14. The molecule has 0 bridgehead atoms. The molecule has 22 heteroatoms. The lowest BCUT2D eigenvalue weighted by molar-refractivity contribution is -0.143. The zero-order valence-electron chi connectivity index (χ0n) is 36.4. The number of amides is 7. The first kappa shape index (κ1) is 54.9. The molecule has 0 saturated carbocycles. The highest BCUT2D eigenvalue weighted by molar-refractivity contribution is 5.96. The Bertz CT molecular complexity index is 1760. The molecule has 0 aliphatic rings. The van der Waals surface area contributed by atoms with Crippen LogP contribution < -0.4 is 43.4 Å². The monoisotopic (exact) mass is 892 g/mol. The molecule has 1 aromatic carbocycles. The lowest BCUT2D eigenvalue weighted by atomic mass is 9.92. The summed E-state index contributed by atoms with van der Waals surface area (Å²) in [4.78, 5) is 125. The fraction of sp³-hybridized carbons (Fsp3) is 0.610. The van der Waals surface area contributed by atoms with Crippen molar-refractivity contribution in [2.24, 2.45) is 29.2 Å². The van der Waals surface area contributed by atoms with Gasteiger partial charge in [-0.3, -0.25) is 43.2 Å². The highest BCUT2D eigenvalue weighted by atomic mass is 16.4. The smallest absolute Gasteiger partial charge is 0.326 e. The molecule has 0 aliphatic carbocycles. The van der Waals surface area contributed by atoms with Gasteiger partial charge in [-0.1, -0.05) is 65.0 Å². The molecule has 9 atom stereocenters. The summed E-state index contributed by atoms with van der Waals surface area (Å²) in [5.74, 6) is -11.7. The van der Waals surface area contributed by atoms with Crippen molar-refractivity contribution in [2.45, 2.75) is 141 Å². The SMILES string of the molecule is CC(C)C[C@H](NC(=O)[C@H](CC(N)=O)NC(=O)C(NC(=O)[C@H](N)CCC(=O)O)C(C)C)[C@@H](O)C[C@@H](C)C(=O)N[C@@H](C)C(=O)N[C@H](CCC(=O)O)C(=O)NC(Cc1ccccc1)C(=O)O. The van der Waals surface area contributed by atoms with Crippen LogP contribution in [0.2, 0.25) is 0 Å². The molecule has 0 heterocycles. The van der Waals surface area contributed by atoms with Gasteiger partial charge in [0.15, 0.2) is 0 Å². The number of primary amides is 1. The zero-order chi connectivity index (χ0) is 48.1. The van der Waals surface area contributed by atoms with Gasteiger partial charge in [0.2, 0.25) is 41.4 Å². The van der Waals surface area contributed by atoms with Gasteiger partial charge in [-0.25, -0.2) is 4.79 Å². The highest BCUT2D eigenvalue weighted by Crippen LogP contribution is 2.17. The molecule has 0 spiro atoms. The largest absolute Gasteiger partial charge is 0.481 e. The summed E-state index contributed by atoms with van der Waals surface area (Å²) in [6.45, 7) is 9.47. The Balaban J connectivity index is 3.07. The van der Waals surface area contributed by atoms with Crippen LogP contribution in [0.25, 0.3) is 0 Å². The number of nitrogens with two attached hydrogens (primary N) is 2. The Morgan fingerprint density at radius 3 is 1.67 bits per heavy atom. The Kier molecular flexibility index (Phi) is 23.5. The molecule has 2 unspecified atom stereocenters. The molecule has 352 valence electrons. The van der Waals surface area contributed by atoms with Crippen LogP contribution in [-0.4, -0.2) is 128 Å². The third-order valence-corrected chi connectivity index (χ3v) is 9.78. The summed E-state index contributed by atoms with van der Waals surface area (Å²) >= 11 is 0. The molecule has 0 aliphatic heterocycles. The number of nitrogens with one attached hydrogen (secondary N) is 6. The van der Waals surface area contributed by atoms with E-state index in [9.17, 15) is 63.3 Å². The van der Waals surface area contributed by atoms with E-state index in [1.165, 1.54) is 13.8 Å². The zero-order valence-corrected chi connectivity index (χ0v) is 36.4. The van der Waals surface area contributed by atoms with Crippen molar-refractivity contribution in [1.29, 1.82) is 0 Å². The van der Waals surface area contributed by atoms with Gasteiger partial charge in [0.25, 0.3) is 0 Å². The Morgan fingerprint density at radius 2 is 1.14 bits per heavy atom. The molecule has 0 aromatic heterocycles. The lowest BCUT2D eigenvalue weighted by Gasteiger charge is -2.30. The van der Waals surface area contributed by atoms with E-state index >= 15 is 0 Å². The second kappa shape index (κ2) is 27.0. The molecular weight excluding hydrogens is 828 g/mol. The number of carbonyl (C=O) groups excluding carboxylic acids is 7. The van der Waals surface area contributed by atoms with Crippen LogP contribution in [0.15, 0.2) is 30.3 Å². The van der Waals surface area contributed by atoms with Crippen molar-refractivity contribution in [3.05, 3.63) is 35.9 Å². The minimum Gasteiger partial charge on any atom is -0.481 e. The predicted octanol–water partition coefficient (Wildman–Crippen LogP) is -1.74. The molecule has 0 fully saturated rings. The summed E-state index contributed by atoms with van der Waals surface area (Å²) in [6, 6.07) is -0.933. The van der Waals surface area contributed by atoms with E-state index in [2.05, 4.69) is 31.9 Å². The maximum atomic E-state index is 13.6. The topological polar surface area (TPSA) is 376 Å².